The van der Waals surface area contributed by atoms with Crippen LogP contribution in [0.1, 0.15) is 4.88 Å². The van der Waals surface area contributed by atoms with Crippen LogP contribution in [-0.2, 0) is 13.6 Å². The Morgan fingerprint density at radius 3 is 3.00 bits per heavy atom. The summed E-state index contributed by atoms with van der Waals surface area (Å²) in [6, 6.07) is 4.06. The van der Waals surface area contributed by atoms with E-state index in [1.807, 2.05) is 31.6 Å². The Labute approximate surface area is 107 Å². The monoisotopic (exact) mass is 261 g/mol. The normalized spacial score (nSPS) is 10.9. The van der Waals surface area contributed by atoms with Gasteiger partial charge in [0.05, 0.1) is 12.7 Å². The summed E-state index contributed by atoms with van der Waals surface area (Å²) in [7, 11) is 1.89. The topological polar surface area (TPSA) is 68.5 Å². The van der Waals surface area contributed by atoms with Gasteiger partial charge in [0, 0.05) is 28.6 Å². The van der Waals surface area contributed by atoms with Crippen LogP contribution in [0.4, 0.5) is 0 Å². The predicted octanol–water partition coefficient (Wildman–Crippen LogP) is 1.08. The lowest BCUT2D eigenvalue weighted by Crippen LogP contribution is -2.16. The number of hydrogen-bond acceptors (Lipinski definition) is 4. The van der Waals surface area contributed by atoms with E-state index in [1.165, 1.54) is 6.33 Å². The fourth-order valence-corrected chi connectivity index (χ4v) is 2.70. The molecule has 3 rings (SSSR count). The van der Waals surface area contributed by atoms with E-state index in [2.05, 4.69) is 15.3 Å². The molecule has 3 aromatic heterocycles. The summed E-state index contributed by atoms with van der Waals surface area (Å²) in [6.45, 7) is 0.542. The summed E-state index contributed by atoms with van der Waals surface area (Å²) in [6.07, 6.45) is 5.31. The Kier molecular flexibility index (Phi) is 2.60. The number of aromatic amines is 1. The van der Waals surface area contributed by atoms with Gasteiger partial charge in [-0.2, -0.15) is 10.2 Å². The molecule has 6 nitrogen and oxygen atoms in total. The number of thiophene rings is 1. The second kappa shape index (κ2) is 4.26. The molecule has 1 N–H and O–H groups in total. The summed E-state index contributed by atoms with van der Waals surface area (Å²) in [5, 5.41) is 10.2. The zero-order valence-corrected chi connectivity index (χ0v) is 10.5. The molecular formula is C11H11N5OS. The highest BCUT2D eigenvalue weighted by molar-refractivity contribution is 7.15. The van der Waals surface area contributed by atoms with Crippen molar-refractivity contribution in [3.8, 4) is 10.4 Å². The second-order valence-electron chi connectivity index (χ2n) is 3.96. The molecule has 0 bridgehead atoms. The van der Waals surface area contributed by atoms with Gasteiger partial charge in [-0.15, -0.1) is 11.3 Å². The highest BCUT2D eigenvalue weighted by atomic mass is 32.1. The van der Waals surface area contributed by atoms with Crippen molar-refractivity contribution in [2.45, 2.75) is 6.54 Å². The van der Waals surface area contributed by atoms with Crippen LogP contribution in [0, 0.1) is 0 Å². The lowest BCUT2D eigenvalue weighted by atomic mass is 10.3. The van der Waals surface area contributed by atoms with E-state index < -0.39 is 0 Å². The Morgan fingerprint density at radius 2 is 2.33 bits per heavy atom. The van der Waals surface area contributed by atoms with Gasteiger partial charge < -0.3 is 0 Å². The molecule has 0 spiro atoms. The van der Waals surface area contributed by atoms with E-state index in [4.69, 9.17) is 0 Å². The van der Waals surface area contributed by atoms with Gasteiger partial charge in [0.1, 0.15) is 6.33 Å². The molecule has 3 heterocycles. The number of nitrogens with one attached hydrogen (secondary N) is 1. The van der Waals surface area contributed by atoms with Crippen LogP contribution in [0.2, 0.25) is 0 Å². The van der Waals surface area contributed by atoms with Gasteiger partial charge in [0.2, 0.25) is 0 Å². The van der Waals surface area contributed by atoms with Gasteiger partial charge in [0.25, 0.3) is 0 Å². The summed E-state index contributed by atoms with van der Waals surface area (Å²) in [5.41, 5.74) is 0.902. The van der Waals surface area contributed by atoms with Crippen LogP contribution in [0.15, 0.2) is 35.6 Å². The van der Waals surface area contributed by atoms with Gasteiger partial charge >= 0.3 is 5.69 Å². The van der Waals surface area contributed by atoms with Crippen LogP contribution >= 0.6 is 11.3 Å². The van der Waals surface area contributed by atoms with Crippen molar-refractivity contribution in [1.29, 1.82) is 0 Å². The third kappa shape index (κ3) is 2.00. The van der Waals surface area contributed by atoms with E-state index in [9.17, 15) is 4.79 Å². The first-order chi connectivity index (χ1) is 8.72. The summed E-state index contributed by atoms with van der Waals surface area (Å²) in [5.74, 6) is 0. The van der Waals surface area contributed by atoms with Gasteiger partial charge in [-0.3, -0.25) is 9.25 Å². The van der Waals surface area contributed by atoms with Crippen molar-refractivity contribution < 1.29 is 0 Å². The molecule has 0 saturated carbocycles. The average molecular weight is 261 g/mol. The molecule has 0 saturated heterocycles. The predicted molar refractivity (Wildman–Crippen MR) is 68.5 cm³/mol. The molecule has 7 heteroatoms. The maximum absolute atomic E-state index is 11.3. The number of hydrogen-bond donors (Lipinski definition) is 1. The molecule has 0 aromatic carbocycles. The third-order valence-electron chi connectivity index (χ3n) is 2.60. The smallest absolute Gasteiger partial charge is 0.276 e. The molecule has 92 valence electrons. The molecule has 0 aliphatic carbocycles. The lowest BCUT2D eigenvalue weighted by Gasteiger charge is -1.95. The Morgan fingerprint density at radius 1 is 1.44 bits per heavy atom. The number of H-pyrrole nitrogens is 1. The lowest BCUT2D eigenvalue weighted by molar-refractivity contribution is 0.768. The highest BCUT2D eigenvalue weighted by Gasteiger charge is 2.06. The molecule has 0 amide bonds. The molecule has 0 fully saturated rings. The quantitative estimate of drug-likeness (QED) is 0.767. The Bertz CT molecular complexity index is 719. The largest absolute Gasteiger partial charge is 0.343 e. The van der Waals surface area contributed by atoms with Crippen molar-refractivity contribution in [3.05, 3.63) is 46.2 Å². The van der Waals surface area contributed by atoms with Gasteiger partial charge in [-0.05, 0) is 12.1 Å². The molecule has 0 atom stereocenters. The molecule has 0 aliphatic rings. The van der Waals surface area contributed by atoms with E-state index >= 15 is 0 Å². The standard InChI is InChI=1S/C11H11N5OS/c1-15-5-8(4-13-15)10-3-2-9(18-10)6-16-7-12-14-11(16)17/h2-5,7H,6H2,1H3,(H,14,17). The number of aryl methyl sites for hydroxylation is 1. The van der Waals surface area contributed by atoms with E-state index in [-0.39, 0.29) is 5.69 Å². The number of nitrogens with zero attached hydrogens (tertiary/aromatic N) is 4. The average Bonchev–Trinajstić information content (AvgIpc) is 3.03. The maximum atomic E-state index is 11.3. The minimum absolute atomic E-state index is 0.189. The first kappa shape index (κ1) is 11.0. The number of aromatic nitrogens is 5. The van der Waals surface area contributed by atoms with Crippen molar-refractivity contribution >= 4 is 11.3 Å². The van der Waals surface area contributed by atoms with Crippen molar-refractivity contribution in [1.82, 2.24) is 24.5 Å². The highest BCUT2D eigenvalue weighted by Crippen LogP contribution is 2.27. The Balaban J connectivity index is 1.86. The third-order valence-corrected chi connectivity index (χ3v) is 3.71. The molecule has 0 radical (unpaired) electrons. The molecule has 3 aromatic rings. The minimum Gasteiger partial charge on any atom is -0.276 e. The zero-order chi connectivity index (χ0) is 12.5. The van der Waals surface area contributed by atoms with Crippen molar-refractivity contribution in [3.63, 3.8) is 0 Å². The summed E-state index contributed by atoms with van der Waals surface area (Å²) in [4.78, 5) is 13.6. The van der Waals surface area contributed by atoms with Crippen LogP contribution in [0.5, 0.6) is 0 Å². The van der Waals surface area contributed by atoms with Gasteiger partial charge in [-0.25, -0.2) is 9.89 Å². The molecule has 0 unspecified atom stereocenters. The fourth-order valence-electron chi connectivity index (χ4n) is 1.72. The fraction of sp³-hybridized carbons (Fsp3) is 0.182. The van der Waals surface area contributed by atoms with Gasteiger partial charge in [-0.1, -0.05) is 0 Å². The second-order valence-corrected chi connectivity index (χ2v) is 5.13. The van der Waals surface area contributed by atoms with Crippen LogP contribution in [0.25, 0.3) is 10.4 Å². The van der Waals surface area contributed by atoms with Crippen LogP contribution in [-0.4, -0.2) is 24.5 Å². The van der Waals surface area contributed by atoms with Crippen molar-refractivity contribution in [2.75, 3.05) is 0 Å². The zero-order valence-electron chi connectivity index (χ0n) is 9.70. The molecule has 0 aliphatic heterocycles. The van der Waals surface area contributed by atoms with Crippen LogP contribution < -0.4 is 5.69 Å². The first-order valence-electron chi connectivity index (χ1n) is 5.40. The molecule has 18 heavy (non-hydrogen) atoms. The maximum Gasteiger partial charge on any atom is 0.343 e. The van der Waals surface area contributed by atoms with Crippen LogP contribution in [0.3, 0.4) is 0 Å². The van der Waals surface area contributed by atoms with E-state index in [0.717, 1.165) is 15.3 Å². The summed E-state index contributed by atoms with van der Waals surface area (Å²) < 4.78 is 3.31. The minimum atomic E-state index is -0.189. The number of rotatable bonds is 3. The van der Waals surface area contributed by atoms with E-state index in [1.54, 1.807) is 20.6 Å². The molecular weight excluding hydrogens is 250 g/mol. The van der Waals surface area contributed by atoms with E-state index in [0.29, 0.717) is 6.54 Å². The Hall–Kier alpha value is -2.15. The van der Waals surface area contributed by atoms with Crippen molar-refractivity contribution in [2.24, 2.45) is 7.05 Å². The SMILES string of the molecule is Cn1cc(-c2ccc(Cn3cn[nH]c3=O)s2)cn1. The van der Waals surface area contributed by atoms with Gasteiger partial charge in [0.15, 0.2) is 0 Å². The first-order valence-corrected chi connectivity index (χ1v) is 6.21. The summed E-state index contributed by atoms with van der Waals surface area (Å²) >= 11 is 1.65.